The van der Waals surface area contributed by atoms with Crippen molar-refractivity contribution in [3.63, 3.8) is 0 Å². The minimum Gasteiger partial charge on any atom is -0.370 e. The number of thiazole rings is 1. The Bertz CT molecular complexity index is 2020. The first-order chi connectivity index (χ1) is 24.7. The number of rotatable bonds is 12. The second-order valence-corrected chi connectivity index (χ2v) is 16.7. The Kier molecular flexibility index (Phi) is 11.2. The molecule has 0 bridgehead atoms. The third-order valence-electron chi connectivity index (χ3n) is 9.21. The number of amides is 4. The van der Waals surface area contributed by atoms with Gasteiger partial charge in [0.2, 0.25) is 17.7 Å². The zero-order valence-electron chi connectivity index (χ0n) is 27.7. The van der Waals surface area contributed by atoms with Gasteiger partial charge in [-0.15, -0.1) is 22.7 Å². The van der Waals surface area contributed by atoms with E-state index in [0.29, 0.717) is 41.9 Å². The predicted molar refractivity (Wildman–Crippen MR) is 191 cm³/mol. The summed E-state index contributed by atoms with van der Waals surface area (Å²) in [6.07, 6.45) is 4.18. The molecule has 7 N–H and O–H groups in total. The topological polar surface area (TPSA) is 204 Å². The second kappa shape index (κ2) is 15.5. The predicted octanol–water partition coefficient (Wildman–Crippen LogP) is 3.75. The number of hydrogen-bond acceptors (Lipinski definition) is 9. The van der Waals surface area contributed by atoms with Crippen molar-refractivity contribution < 1.29 is 42.3 Å². The highest BCUT2D eigenvalue weighted by Gasteiger charge is 2.50. The third-order valence-corrected chi connectivity index (χ3v) is 12.4. The van der Waals surface area contributed by atoms with E-state index < -0.39 is 60.6 Å². The van der Waals surface area contributed by atoms with Crippen LogP contribution in [-0.2, 0) is 31.0 Å². The quantitative estimate of drug-likeness (QED) is 0.116. The molecule has 18 heteroatoms. The van der Waals surface area contributed by atoms with E-state index in [2.05, 4.69) is 20.9 Å². The number of primary amides is 1. The maximum atomic E-state index is 14.3. The second-order valence-electron chi connectivity index (χ2n) is 12.9. The van der Waals surface area contributed by atoms with Crippen LogP contribution in [0.5, 0.6) is 0 Å². The third kappa shape index (κ3) is 8.24. The van der Waals surface area contributed by atoms with Gasteiger partial charge in [0, 0.05) is 46.8 Å². The van der Waals surface area contributed by atoms with Gasteiger partial charge in [0.25, 0.3) is 5.91 Å². The zero-order valence-corrected chi connectivity index (χ0v) is 30.2. The van der Waals surface area contributed by atoms with Crippen molar-refractivity contribution in [2.45, 2.75) is 68.4 Å². The average Bonchev–Trinajstić information content (AvgIpc) is 3.85. The molecule has 52 heavy (non-hydrogen) atoms. The highest BCUT2D eigenvalue weighted by Crippen LogP contribution is 2.59. The monoisotopic (exact) mass is 774 g/mol. The van der Waals surface area contributed by atoms with Crippen LogP contribution < -0.4 is 21.7 Å². The Morgan fingerprint density at radius 3 is 2.60 bits per heavy atom. The molecule has 2 aliphatic rings. The number of nitrogens with zero attached hydrogens (tertiary/aromatic N) is 2. The van der Waals surface area contributed by atoms with Gasteiger partial charge in [0.1, 0.15) is 17.1 Å². The maximum Gasteiger partial charge on any atom is 0.399 e. The Morgan fingerprint density at radius 1 is 1.10 bits per heavy atom. The molecular weight excluding hydrogens is 738 g/mol. The molecule has 13 nitrogen and oxygen atoms in total. The first kappa shape index (κ1) is 37.6. The fourth-order valence-electron chi connectivity index (χ4n) is 6.57. The molecule has 2 saturated heterocycles. The lowest BCUT2D eigenvalue weighted by molar-refractivity contribution is -0.142. The van der Waals surface area contributed by atoms with E-state index in [1.807, 2.05) is 30.3 Å². The zero-order chi connectivity index (χ0) is 37.2. The molecule has 2 aromatic heterocycles. The lowest BCUT2D eigenvalue weighted by Crippen LogP contribution is -2.60. The number of carbonyl (C=O) groups excluding carboxylic acids is 4. The van der Waals surface area contributed by atoms with Gasteiger partial charge in [-0.3, -0.25) is 23.7 Å². The molecule has 2 fully saturated rings. The summed E-state index contributed by atoms with van der Waals surface area (Å²) >= 11 is 2.40. The summed E-state index contributed by atoms with van der Waals surface area (Å²) in [6.45, 7) is 0.607. The minimum atomic E-state index is -5.79. The lowest BCUT2D eigenvalue weighted by Gasteiger charge is -2.35. The highest BCUT2D eigenvalue weighted by molar-refractivity contribution is 7.52. The normalized spacial score (nSPS) is 20.2. The number of fused-ring (bicyclic) bond motifs is 2. The van der Waals surface area contributed by atoms with Gasteiger partial charge in [-0.1, -0.05) is 36.4 Å². The molecule has 0 radical (unpaired) electrons. The van der Waals surface area contributed by atoms with Crippen LogP contribution in [0.2, 0.25) is 0 Å². The maximum absolute atomic E-state index is 14.3. The molecule has 6 rings (SSSR count). The van der Waals surface area contributed by atoms with Gasteiger partial charge < -0.3 is 36.4 Å². The molecule has 4 heterocycles. The van der Waals surface area contributed by atoms with Crippen molar-refractivity contribution in [3.8, 4) is 0 Å². The van der Waals surface area contributed by atoms with Crippen LogP contribution in [0.1, 0.15) is 68.8 Å². The fourth-order valence-corrected chi connectivity index (χ4v) is 9.03. The molecule has 0 unspecified atom stereocenters. The van der Waals surface area contributed by atoms with Crippen molar-refractivity contribution in [2.24, 2.45) is 5.73 Å². The number of alkyl halides is 2. The summed E-state index contributed by atoms with van der Waals surface area (Å²) in [4.78, 5) is 78.6. The number of nitrogens with one attached hydrogen (secondary N) is 3. The number of halogens is 2. The van der Waals surface area contributed by atoms with Gasteiger partial charge in [-0.2, -0.15) is 8.78 Å². The van der Waals surface area contributed by atoms with Crippen LogP contribution in [0, 0.1) is 0 Å². The summed E-state index contributed by atoms with van der Waals surface area (Å²) in [5, 5.41) is 9.73. The van der Waals surface area contributed by atoms with E-state index in [1.54, 1.807) is 6.20 Å². The molecule has 0 aliphatic carbocycles. The van der Waals surface area contributed by atoms with Gasteiger partial charge in [0.05, 0.1) is 10.9 Å². The van der Waals surface area contributed by atoms with Crippen LogP contribution in [0.4, 0.5) is 8.78 Å². The fraction of sp³-hybridized carbons (Fsp3) is 0.382. The van der Waals surface area contributed by atoms with Gasteiger partial charge >= 0.3 is 13.3 Å². The van der Waals surface area contributed by atoms with Crippen LogP contribution in [-0.4, -0.2) is 74.5 Å². The first-order valence-corrected chi connectivity index (χ1v) is 19.8. The first-order valence-electron chi connectivity index (χ1n) is 16.6. The SMILES string of the molecule is NC(=O)CC[C@H](NC(=O)[C@@H]1CC[C@@H]2CCNC[C@H](NC(=O)c3cc4cc(C(F)(F)P(=O)(O)O)ccc4s3)C(=O)N21)c1ncc(Cc2ccccc2)s1. The van der Waals surface area contributed by atoms with Crippen molar-refractivity contribution in [2.75, 3.05) is 13.1 Å². The average molecular weight is 775 g/mol. The molecule has 0 spiro atoms. The number of benzene rings is 2. The van der Waals surface area contributed by atoms with Crippen molar-refractivity contribution in [1.82, 2.24) is 25.8 Å². The molecule has 0 saturated carbocycles. The Balaban J connectivity index is 1.17. The van der Waals surface area contributed by atoms with Crippen molar-refractivity contribution >= 4 is 64.0 Å². The number of carbonyl (C=O) groups is 4. The molecule has 2 aliphatic heterocycles. The van der Waals surface area contributed by atoms with E-state index >= 15 is 0 Å². The molecule has 4 aromatic rings. The van der Waals surface area contributed by atoms with Crippen LogP contribution in [0.3, 0.4) is 0 Å². The lowest BCUT2D eigenvalue weighted by atomic mass is 10.1. The summed E-state index contributed by atoms with van der Waals surface area (Å²) < 4.78 is 40.5. The van der Waals surface area contributed by atoms with E-state index in [0.717, 1.165) is 33.9 Å². The van der Waals surface area contributed by atoms with Gasteiger partial charge in [0.15, 0.2) is 0 Å². The van der Waals surface area contributed by atoms with E-state index in [4.69, 9.17) is 15.5 Å². The number of hydrogen-bond donors (Lipinski definition) is 6. The Morgan fingerprint density at radius 2 is 1.87 bits per heavy atom. The van der Waals surface area contributed by atoms with Crippen molar-refractivity contribution in [3.05, 3.63) is 86.7 Å². The minimum absolute atomic E-state index is 0.0133. The summed E-state index contributed by atoms with van der Waals surface area (Å²) in [5.74, 6) is -2.04. The molecule has 276 valence electrons. The standard InChI is InChI=1S/C34H37F2N6O7PS2/c35-34(36,50(47,48)49)21-6-10-27-20(15-21)16-28(52-27)31(45)41-25-18-38-13-12-22-7-9-26(42(22)33(25)46)30(44)40-24(8-11-29(37)43)32-39-17-23(51-32)14-19-4-2-1-3-5-19/h1-6,10,15-17,22,24-26,38H,7-9,11-14,18H2,(H2,37,43)(H,40,44)(H,41,45)(H2,47,48,49)/t22-,24+,25+,26+/m1/s1. The Labute approximate surface area is 305 Å². The van der Waals surface area contributed by atoms with Crippen LogP contribution in [0.25, 0.3) is 10.1 Å². The summed E-state index contributed by atoms with van der Waals surface area (Å²) in [5.41, 5.74) is 1.26. The summed E-state index contributed by atoms with van der Waals surface area (Å²) in [6, 6.07) is 11.5. The molecular formula is C34H37F2N6O7PS2. The molecule has 2 aromatic carbocycles. The molecule has 4 amide bonds. The van der Waals surface area contributed by atoms with Crippen molar-refractivity contribution in [1.29, 1.82) is 0 Å². The highest BCUT2D eigenvalue weighted by atomic mass is 32.1. The van der Waals surface area contributed by atoms with E-state index in [9.17, 15) is 32.5 Å². The molecule has 4 atom stereocenters. The number of nitrogens with two attached hydrogens (primary N) is 1. The smallest absolute Gasteiger partial charge is 0.370 e. The van der Waals surface area contributed by atoms with Crippen LogP contribution in [0.15, 0.2) is 60.8 Å². The largest absolute Gasteiger partial charge is 0.399 e. The van der Waals surface area contributed by atoms with Gasteiger partial charge in [-0.25, -0.2) is 4.98 Å². The van der Waals surface area contributed by atoms with Crippen LogP contribution >= 0.6 is 30.3 Å². The van der Waals surface area contributed by atoms with E-state index in [1.165, 1.54) is 28.4 Å². The number of thiophene rings is 1. The Hall–Kier alpha value is -4.12. The van der Waals surface area contributed by atoms with Gasteiger partial charge in [-0.05, 0) is 61.4 Å². The number of aromatic nitrogens is 1. The van der Waals surface area contributed by atoms with E-state index in [-0.39, 0.29) is 35.7 Å². The summed E-state index contributed by atoms with van der Waals surface area (Å²) in [7, 11) is -5.79.